The molecule has 0 aliphatic heterocycles. The lowest BCUT2D eigenvalue weighted by Crippen LogP contribution is -2.00. The molecule has 0 aliphatic carbocycles. The van der Waals surface area contributed by atoms with Crippen molar-refractivity contribution in [2.45, 2.75) is 0 Å². The highest BCUT2D eigenvalue weighted by molar-refractivity contribution is 5.94. The third kappa shape index (κ3) is 2.83. The van der Waals surface area contributed by atoms with Crippen molar-refractivity contribution in [3.05, 3.63) is 59.4 Å². The van der Waals surface area contributed by atoms with Crippen LogP contribution in [0.1, 0.15) is 21.7 Å². The van der Waals surface area contributed by atoms with Crippen molar-refractivity contribution < 1.29 is 14.6 Å². The van der Waals surface area contributed by atoms with E-state index in [-0.39, 0.29) is 11.3 Å². The predicted molar refractivity (Wildman–Crippen MR) is 89.5 cm³/mol. The second-order valence-electron chi connectivity index (χ2n) is 5.04. The molecule has 1 heterocycles. The van der Waals surface area contributed by atoms with Gasteiger partial charge in [0.15, 0.2) is 0 Å². The second-order valence-corrected chi connectivity index (χ2v) is 5.04. The fourth-order valence-electron chi connectivity index (χ4n) is 2.38. The molecule has 2 N–H and O–H groups in total. The fourth-order valence-corrected chi connectivity index (χ4v) is 2.38. The quantitative estimate of drug-likeness (QED) is 0.719. The van der Waals surface area contributed by atoms with Crippen LogP contribution in [-0.2, 0) is 0 Å². The number of benzene rings is 2. The molecule has 0 fully saturated rings. The zero-order chi connectivity index (χ0) is 17.1. The van der Waals surface area contributed by atoms with E-state index in [9.17, 15) is 15.2 Å². The van der Waals surface area contributed by atoms with Gasteiger partial charge in [0.25, 0.3) is 0 Å². The van der Waals surface area contributed by atoms with E-state index in [0.29, 0.717) is 17.0 Å². The third-order valence-electron chi connectivity index (χ3n) is 3.53. The molecule has 6 nitrogen and oxygen atoms in total. The molecule has 0 unspecified atom stereocenters. The molecule has 0 saturated carbocycles. The minimum atomic E-state index is -1.09. The zero-order valence-electron chi connectivity index (χ0n) is 12.8. The average molecular weight is 319 g/mol. The zero-order valence-corrected chi connectivity index (χ0v) is 12.8. The van der Waals surface area contributed by atoms with Gasteiger partial charge < -0.3 is 14.8 Å². The van der Waals surface area contributed by atoms with Crippen molar-refractivity contribution in [2.24, 2.45) is 0 Å². The molecule has 1 aromatic heterocycles. The van der Waals surface area contributed by atoms with Crippen LogP contribution in [0.2, 0.25) is 0 Å². The Morgan fingerprint density at radius 1 is 1.33 bits per heavy atom. The lowest BCUT2D eigenvalue weighted by molar-refractivity contribution is 0.0693. The normalized spacial score (nSPS) is 11.2. The fraction of sp³-hybridized carbons (Fsp3) is 0.0556. The van der Waals surface area contributed by atoms with Crippen LogP contribution in [0.3, 0.4) is 0 Å². The van der Waals surface area contributed by atoms with E-state index in [4.69, 9.17) is 4.74 Å². The van der Waals surface area contributed by atoms with Crippen LogP contribution in [0.25, 0.3) is 22.7 Å². The number of hydrogen-bond acceptors (Lipinski definition) is 4. The Morgan fingerprint density at radius 2 is 2.12 bits per heavy atom. The Labute approximate surface area is 137 Å². The van der Waals surface area contributed by atoms with Crippen LogP contribution in [0.15, 0.2) is 42.5 Å². The molecule has 118 valence electrons. The monoisotopic (exact) mass is 319 g/mol. The summed E-state index contributed by atoms with van der Waals surface area (Å²) >= 11 is 0. The van der Waals surface area contributed by atoms with Crippen LogP contribution in [0.5, 0.6) is 5.75 Å². The number of aromatic amines is 1. The van der Waals surface area contributed by atoms with Crippen LogP contribution in [0, 0.1) is 11.3 Å². The number of allylic oxidation sites excluding steroid dienone is 1. The molecule has 24 heavy (non-hydrogen) atoms. The van der Waals surface area contributed by atoms with Gasteiger partial charge in [0.1, 0.15) is 23.2 Å². The van der Waals surface area contributed by atoms with Crippen molar-refractivity contribution in [1.29, 1.82) is 5.26 Å². The molecule has 2 aromatic carbocycles. The maximum Gasteiger partial charge on any atom is 0.339 e. The number of carboxylic acids is 1. The summed E-state index contributed by atoms with van der Waals surface area (Å²) in [5.41, 5.74) is 2.51. The first kappa shape index (κ1) is 15.3. The summed E-state index contributed by atoms with van der Waals surface area (Å²) in [4.78, 5) is 18.8. The van der Waals surface area contributed by atoms with E-state index >= 15 is 0 Å². The number of carbonyl (C=O) groups is 1. The lowest BCUT2D eigenvalue weighted by atomic mass is 10.1. The van der Waals surface area contributed by atoms with Crippen molar-refractivity contribution in [3.63, 3.8) is 0 Å². The Bertz CT molecular complexity index is 963. The van der Waals surface area contributed by atoms with Crippen LogP contribution < -0.4 is 4.74 Å². The minimum Gasteiger partial charge on any atom is -0.496 e. The van der Waals surface area contributed by atoms with E-state index in [0.717, 1.165) is 11.0 Å². The molecule has 0 radical (unpaired) electrons. The average Bonchev–Trinajstić information content (AvgIpc) is 3.03. The number of methoxy groups -OCH3 is 1. The number of carboxylic acid groups (broad SMARTS) is 1. The molecule has 0 atom stereocenters. The molecular weight excluding hydrogens is 306 g/mol. The number of imidazole rings is 1. The molecule has 0 aliphatic rings. The smallest absolute Gasteiger partial charge is 0.339 e. The maximum absolute atomic E-state index is 11.3. The van der Waals surface area contributed by atoms with Gasteiger partial charge in [-0.05, 0) is 35.9 Å². The highest BCUT2D eigenvalue weighted by atomic mass is 16.5. The molecule has 0 saturated heterocycles. The summed E-state index contributed by atoms with van der Waals surface area (Å²) in [5, 5.41) is 18.7. The number of nitrogens with one attached hydrogen (secondary N) is 1. The van der Waals surface area contributed by atoms with Crippen molar-refractivity contribution in [2.75, 3.05) is 7.11 Å². The second kappa shape index (κ2) is 6.26. The molecule has 0 amide bonds. The highest BCUT2D eigenvalue weighted by Gasteiger charge is 2.12. The Kier molecular flexibility index (Phi) is 4.00. The first-order valence-electron chi connectivity index (χ1n) is 7.10. The van der Waals surface area contributed by atoms with Gasteiger partial charge >= 0.3 is 5.97 Å². The number of nitriles is 1. The topological polar surface area (TPSA) is 99.0 Å². The summed E-state index contributed by atoms with van der Waals surface area (Å²) in [5.74, 6) is -0.391. The third-order valence-corrected chi connectivity index (χ3v) is 3.53. The van der Waals surface area contributed by atoms with E-state index < -0.39 is 5.97 Å². The Balaban J connectivity index is 2.06. The van der Waals surface area contributed by atoms with E-state index in [2.05, 4.69) is 16.0 Å². The number of nitrogens with zero attached hydrogens (tertiary/aromatic N) is 2. The van der Waals surface area contributed by atoms with Crippen molar-refractivity contribution in [1.82, 2.24) is 9.97 Å². The first-order valence-corrected chi connectivity index (χ1v) is 7.10. The number of H-pyrrole nitrogens is 1. The van der Waals surface area contributed by atoms with Gasteiger partial charge in [-0.15, -0.1) is 0 Å². The number of aromatic nitrogens is 2. The van der Waals surface area contributed by atoms with Gasteiger partial charge in [-0.25, -0.2) is 9.78 Å². The van der Waals surface area contributed by atoms with Gasteiger partial charge in [0, 0.05) is 0 Å². The number of ether oxygens (including phenoxy) is 1. The number of para-hydroxylation sites is 2. The molecule has 0 spiro atoms. The van der Waals surface area contributed by atoms with Crippen LogP contribution >= 0.6 is 0 Å². The standard InChI is InChI=1S/C18H13N3O3/c1-24-16-7-6-11(9-13(16)18(22)23)8-12(10-19)17-20-14-4-2-3-5-15(14)21-17/h2-9H,1H3,(H,20,21)(H,22,23)/b12-8-. The van der Waals surface area contributed by atoms with E-state index in [1.54, 1.807) is 18.2 Å². The highest BCUT2D eigenvalue weighted by Crippen LogP contribution is 2.23. The molecular formula is C18H13N3O3. The van der Waals surface area contributed by atoms with Crippen molar-refractivity contribution in [3.8, 4) is 11.8 Å². The number of aromatic carboxylic acids is 1. The predicted octanol–water partition coefficient (Wildman–Crippen LogP) is 3.33. The van der Waals surface area contributed by atoms with Gasteiger partial charge in [-0.1, -0.05) is 18.2 Å². The lowest BCUT2D eigenvalue weighted by Gasteiger charge is -2.05. The van der Waals surface area contributed by atoms with Crippen LogP contribution in [0.4, 0.5) is 0 Å². The minimum absolute atomic E-state index is 0.0353. The van der Waals surface area contributed by atoms with Crippen LogP contribution in [-0.4, -0.2) is 28.2 Å². The number of fused-ring (bicyclic) bond motifs is 1. The summed E-state index contributed by atoms with van der Waals surface area (Å²) in [6, 6.07) is 14.3. The Morgan fingerprint density at radius 3 is 2.79 bits per heavy atom. The van der Waals surface area contributed by atoms with Gasteiger partial charge in [-0.3, -0.25) is 0 Å². The van der Waals surface area contributed by atoms with Gasteiger partial charge in [0.05, 0.1) is 23.7 Å². The van der Waals surface area contributed by atoms with Gasteiger partial charge in [-0.2, -0.15) is 5.26 Å². The Hall–Kier alpha value is -3.59. The molecule has 6 heteroatoms. The maximum atomic E-state index is 11.3. The summed E-state index contributed by atoms with van der Waals surface area (Å²) in [6.45, 7) is 0. The molecule has 0 bridgehead atoms. The summed E-state index contributed by atoms with van der Waals surface area (Å²) in [6.07, 6.45) is 1.59. The molecule has 3 aromatic rings. The number of hydrogen-bond donors (Lipinski definition) is 2. The summed E-state index contributed by atoms with van der Waals surface area (Å²) in [7, 11) is 1.41. The molecule has 3 rings (SSSR count). The summed E-state index contributed by atoms with van der Waals surface area (Å²) < 4.78 is 5.03. The largest absolute Gasteiger partial charge is 0.496 e. The SMILES string of the molecule is COc1ccc(/C=C(/C#N)c2nc3ccccc3[nH]2)cc1C(=O)O. The van der Waals surface area contributed by atoms with Crippen molar-refractivity contribution >= 4 is 28.7 Å². The van der Waals surface area contributed by atoms with E-state index in [1.807, 2.05) is 24.3 Å². The van der Waals surface area contributed by atoms with E-state index in [1.165, 1.54) is 13.2 Å². The number of rotatable bonds is 4. The van der Waals surface area contributed by atoms with Gasteiger partial charge in [0.2, 0.25) is 0 Å². The first-order chi connectivity index (χ1) is 11.6.